The Balaban J connectivity index is 1.80. The van der Waals surface area contributed by atoms with Crippen molar-refractivity contribution < 1.29 is 8.42 Å². The van der Waals surface area contributed by atoms with E-state index in [4.69, 9.17) is 0 Å². The molecule has 0 spiro atoms. The molecule has 1 unspecified atom stereocenters. The molecule has 1 aliphatic rings. The van der Waals surface area contributed by atoms with Gasteiger partial charge in [-0.1, -0.05) is 80.4 Å². The zero-order chi connectivity index (χ0) is 22.0. The molecule has 3 nitrogen and oxygen atoms in total. The number of nitrogens with zero attached hydrogens (tertiary/aromatic N) is 1. The van der Waals surface area contributed by atoms with Crippen molar-refractivity contribution in [1.82, 2.24) is 4.31 Å². The van der Waals surface area contributed by atoms with Crippen LogP contribution < -0.4 is 0 Å². The van der Waals surface area contributed by atoms with Gasteiger partial charge in [0.05, 0.1) is 4.90 Å². The van der Waals surface area contributed by atoms with E-state index in [1.807, 2.05) is 25.1 Å². The lowest BCUT2D eigenvalue weighted by atomic mass is 9.94. The van der Waals surface area contributed by atoms with Crippen molar-refractivity contribution in [1.29, 1.82) is 0 Å². The average Bonchev–Trinajstić information content (AvgIpc) is 3.08. The molecule has 0 aliphatic carbocycles. The molecular weight excluding hydrogens is 402 g/mol. The quantitative estimate of drug-likeness (QED) is 0.428. The normalized spacial score (nSPS) is 17.0. The molecule has 3 aromatic carbocycles. The summed E-state index contributed by atoms with van der Waals surface area (Å²) in [6, 6.07) is 21.9. The van der Waals surface area contributed by atoms with Gasteiger partial charge in [-0.3, -0.25) is 4.31 Å². The van der Waals surface area contributed by atoms with Crippen molar-refractivity contribution in [3.8, 4) is 0 Å². The summed E-state index contributed by atoms with van der Waals surface area (Å²) in [5, 5.41) is 2.38. The summed E-state index contributed by atoms with van der Waals surface area (Å²) in [5.41, 5.74) is 4.51. The van der Waals surface area contributed by atoms with Crippen LogP contribution >= 0.6 is 0 Å². The summed E-state index contributed by atoms with van der Waals surface area (Å²) in [5.74, 6) is 0.233. The van der Waals surface area contributed by atoms with Crippen LogP contribution in [0.2, 0.25) is 0 Å². The van der Waals surface area contributed by atoms with Gasteiger partial charge in [-0.05, 0) is 59.7 Å². The third kappa shape index (κ3) is 4.27. The Kier molecular flexibility index (Phi) is 6.19. The fourth-order valence-corrected chi connectivity index (χ4v) is 6.21. The third-order valence-corrected chi connectivity index (χ3v) is 8.17. The molecule has 0 radical (unpaired) electrons. The topological polar surface area (TPSA) is 37.4 Å². The molecule has 31 heavy (non-hydrogen) atoms. The first-order valence-electron chi connectivity index (χ1n) is 11.2. The summed E-state index contributed by atoms with van der Waals surface area (Å²) in [7, 11) is -3.59. The molecule has 0 fully saturated rings. The molecule has 4 rings (SSSR count). The predicted molar refractivity (Wildman–Crippen MR) is 128 cm³/mol. The minimum absolute atomic E-state index is 0.233. The predicted octanol–water partition coefficient (Wildman–Crippen LogP) is 6.48. The number of benzene rings is 3. The highest BCUT2D eigenvalue weighted by Crippen LogP contribution is 2.38. The van der Waals surface area contributed by atoms with Crippen molar-refractivity contribution in [2.24, 2.45) is 5.92 Å². The molecule has 1 heterocycles. The van der Waals surface area contributed by atoms with Crippen molar-refractivity contribution in [2.75, 3.05) is 6.54 Å². The summed E-state index contributed by atoms with van der Waals surface area (Å²) < 4.78 is 29.0. The van der Waals surface area contributed by atoms with Gasteiger partial charge >= 0.3 is 0 Å². The number of rotatable bonds is 7. The van der Waals surface area contributed by atoms with Crippen LogP contribution in [0.3, 0.4) is 0 Å². The Hall–Kier alpha value is -2.59. The van der Waals surface area contributed by atoms with Gasteiger partial charge in [0, 0.05) is 18.7 Å². The number of sulfonamides is 1. The fourth-order valence-electron chi connectivity index (χ4n) is 4.58. The van der Waals surface area contributed by atoms with Crippen LogP contribution in [0.15, 0.2) is 82.9 Å². The standard InChI is InChI=1S/C27H31NO2S/c1-4-5-12-25-21(3)19-28(31(29,30)24-16-14-20(2)15-17-24)27(25)18-23-11-8-10-22-9-6-7-13-26(22)23/h6-11,13-17,21H,4-5,12,18-19H2,1-3H3. The van der Waals surface area contributed by atoms with E-state index in [2.05, 4.69) is 50.2 Å². The molecule has 0 bridgehead atoms. The molecule has 0 saturated heterocycles. The molecule has 1 atom stereocenters. The van der Waals surface area contributed by atoms with Crippen molar-refractivity contribution in [2.45, 2.75) is 51.3 Å². The highest BCUT2D eigenvalue weighted by molar-refractivity contribution is 7.89. The number of hydrogen-bond acceptors (Lipinski definition) is 2. The van der Waals surface area contributed by atoms with Gasteiger partial charge in [-0.25, -0.2) is 8.42 Å². The fraction of sp³-hybridized carbons (Fsp3) is 0.333. The molecular formula is C27H31NO2S. The van der Waals surface area contributed by atoms with Crippen molar-refractivity contribution >= 4 is 20.8 Å². The van der Waals surface area contributed by atoms with Crippen LogP contribution in [0.25, 0.3) is 10.8 Å². The molecule has 0 amide bonds. The molecule has 3 aromatic rings. The van der Waals surface area contributed by atoms with Crippen molar-refractivity contribution in [3.63, 3.8) is 0 Å². The maximum absolute atomic E-state index is 13.7. The van der Waals surface area contributed by atoms with E-state index >= 15 is 0 Å². The number of unbranched alkanes of at least 4 members (excludes halogenated alkanes) is 1. The Morgan fingerprint density at radius 1 is 0.968 bits per heavy atom. The number of hydrogen-bond donors (Lipinski definition) is 0. The number of aryl methyl sites for hydroxylation is 1. The van der Waals surface area contributed by atoms with Gasteiger partial charge in [0.15, 0.2) is 0 Å². The van der Waals surface area contributed by atoms with Gasteiger partial charge in [0.25, 0.3) is 10.0 Å². The van der Waals surface area contributed by atoms with Gasteiger partial charge < -0.3 is 0 Å². The minimum atomic E-state index is -3.59. The van der Waals surface area contributed by atoms with E-state index in [9.17, 15) is 8.42 Å². The summed E-state index contributed by atoms with van der Waals surface area (Å²) >= 11 is 0. The van der Waals surface area contributed by atoms with E-state index in [-0.39, 0.29) is 5.92 Å². The second kappa shape index (κ2) is 8.88. The first-order valence-corrected chi connectivity index (χ1v) is 12.6. The Morgan fingerprint density at radius 2 is 1.68 bits per heavy atom. The van der Waals surface area contributed by atoms with Gasteiger partial charge in [-0.15, -0.1) is 0 Å². The number of allylic oxidation sites excluding steroid dienone is 1. The van der Waals surface area contributed by atoms with E-state index in [0.29, 0.717) is 17.9 Å². The lowest BCUT2D eigenvalue weighted by Crippen LogP contribution is -2.30. The zero-order valence-corrected chi connectivity index (χ0v) is 19.5. The number of fused-ring (bicyclic) bond motifs is 1. The first kappa shape index (κ1) is 21.6. The molecule has 0 aromatic heterocycles. The van der Waals surface area contributed by atoms with Crippen LogP contribution in [-0.2, 0) is 16.4 Å². The first-order chi connectivity index (χ1) is 14.9. The Labute approximate surface area is 186 Å². The largest absolute Gasteiger partial charge is 0.269 e. The van der Waals surface area contributed by atoms with Gasteiger partial charge in [0.1, 0.15) is 0 Å². The second-order valence-corrected chi connectivity index (χ2v) is 10.5. The lowest BCUT2D eigenvalue weighted by molar-refractivity contribution is 0.468. The Morgan fingerprint density at radius 3 is 2.42 bits per heavy atom. The second-order valence-electron chi connectivity index (χ2n) is 8.64. The van der Waals surface area contributed by atoms with Crippen molar-refractivity contribution in [3.05, 3.63) is 89.1 Å². The van der Waals surface area contributed by atoms with E-state index < -0.39 is 10.0 Å². The maximum Gasteiger partial charge on any atom is 0.264 e. The summed E-state index contributed by atoms with van der Waals surface area (Å²) in [4.78, 5) is 0.373. The van der Waals surface area contributed by atoms with Gasteiger partial charge in [0.2, 0.25) is 0 Å². The SMILES string of the molecule is CCCCC1=C(Cc2cccc3ccccc23)N(S(=O)(=O)c2ccc(C)cc2)CC1C. The molecule has 0 saturated carbocycles. The Bertz CT molecular complexity index is 1200. The molecule has 0 N–H and O–H groups in total. The highest BCUT2D eigenvalue weighted by Gasteiger charge is 2.36. The van der Waals surface area contributed by atoms with E-state index in [1.54, 1.807) is 16.4 Å². The summed E-state index contributed by atoms with van der Waals surface area (Å²) in [6.07, 6.45) is 3.77. The molecule has 4 heteroatoms. The zero-order valence-electron chi connectivity index (χ0n) is 18.6. The van der Waals surface area contributed by atoms with Crippen LogP contribution in [0.1, 0.15) is 44.2 Å². The maximum atomic E-state index is 13.7. The smallest absolute Gasteiger partial charge is 0.264 e. The van der Waals surface area contributed by atoms with Gasteiger partial charge in [-0.2, -0.15) is 0 Å². The van der Waals surface area contributed by atoms with E-state index in [1.165, 1.54) is 21.9 Å². The minimum Gasteiger partial charge on any atom is -0.269 e. The van der Waals surface area contributed by atoms with Crippen LogP contribution in [-0.4, -0.2) is 19.3 Å². The monoisotopic (exact) mass is 433 g/mol. The van der Waals surface area contributed by atoms with Crippen LogP contribution in [0.5, 0.6) is 0 Å². The molecule has 162 valence electrons. The molecule has 1 aliphatic heterocycles. The van der Waals surface area contributed by atoms with E-state index in [0.717, 1.165) is 30.5 Å². The third-order valence-electron chi connectivity index (χ3n) is 6.35. The van der Waals surface area contributed by atoms with Crippen LogP contribution in [0.4, 0.5) is 0 Å². The van der Waals surface area contributed by atoms with Crippen LogP contribution in [0, 0.1) is 12.8 Å². The highest BCUT2D eigenvalue weighted by atomic mass is 32.2. The summed E-state index contributed by atoms with van der Waals surface area (Å²) in [6.45, 7) is 6.85. The average molecular weight is 434 g/mol. The lowest BCUT2D eigenvalue weighted by Gasteiger charge is -2.24.